The smallest absolute Gasteiger partial charge is 0.315 e. The summed E-state index contributed by atoms with van der Waals surface area (Å²) in [5.74, 6) is 0. The third-order valence-corrected chi connectivity index (χ3v) is 3.88. The van der Waals surface area contributed by atoms with E-state index < -0.39 is 0 Å². The minimum atomic E-state index is -0.133. The minimum absolute atomic E-state index is 0.0864. The van der Waals surface area contributed by atoms with E-state index in [4.69, 9.17) is 5.11 Å². The van der Waals surface area contributed by atoms with E-state index in [-0.39, 0.29) is 24.7 Å². The number of nitrogens with one attached hydrogen (secondary N) is 2. The van der Waals surface area contributed by atoms with E-state index in [1.807, 2.05) is 13.8 Å². The van der Waals surface area contributed by atoms with Gasteiger partial charge in [-0.2, -0.15) is 0 Å². The first kappa shape index (κ1) is 16.0. The van der Waals surface area contributed by atoms with Gasteiger partial charge in [-0.05, 0) is 45.7 Å². The summed E-state index contributed by atoms with van der Waals surface area (Å²) in [5.41, 5.74) is 0. The quantitative estimate of drug-likeness (QED) is 0.720. The molecule has 0 fully saturated rings. The number of aliphatic hydroxyl groups is 1. The van der Waals surface area contributed by atoms with Gasteiger partial charge in [-0.3, -0.25) is 0 Å². The number of carbonyl (C=O) groups is 1. The maximum absolute atomic E-state index is 11.7. The van der Waals surface area contributed by atoms with Crippen LogP contribution in [0.1, 0.15) is 36.4 Å². The van der Waals surface area contributed by atoms with Gasteiger partial charge in [-0.15, -0.1) is 11.3 Å². The molecule has 1 aromatic rings. The highest BCUT2D eigenvalue weighted by atomic mass is 32.1. The van der Waals surface area contributed by atoms with Crippen LogP contribution < -0.4 is 10.6 Å². The molecule has 4 nitrogen and oxygen atoms in total. The van der Waals surface area contributed by atoms with Crippen LogP contribution in [0.15, 0.2) is 12.1 Å². The highest BCUT2D eigenvalue weighted by Gasteiger charge is 2.11. The number of hydrogen-bond donors (Lipinski definition) is 3. The average molecular weight is 284 g/mol. The molecule has 19 heavy (non-hydrogen) atoms. The van der Waals surface area contributed by atoms with Crippen LogP contribution in [-0.2, 0) is 6.42 Å². The number of aliphatic hydroxyl groups excluding tert-OH is 1. The van der Waals surface area contributed by atoms with Crippen LogP contribution in [0.2, 0.25) is 0 Å². The molecule has 0 radical (unpaired) electrons. The summed E-state index contributed by atoms with van der Waals surface area (Å²) in [4.78, 5) is 14.3. The van der Waals surface area contributed by atoms with Crippen LogP contribution in [0, 0.1) is 6.92 Å². The Morgan fingerprint density at radius 1 is 1.32 bits per heavy atom. The van der Waals surface area contributed by atoms with Crippen molar-refractivity contribution >= 4 is 17.4 Å². The first-order chi connectivity index (χ1) is 9.01. The second-order valence-electron chi connectivity index (χ2n) is 5.00. The third-order valence-electron chi connectivity index (χ3n) is 2.85. The van der Waals surface area contributed by atoms with Crippen LogP contribution in [0.3, 0.4) is 0 Å². The van der Waals surface area contributed by atoms with Crippen LogP contribution in [0.5, 0.6) is 0 Å². The van der Waals surface area contributed by atoms with Gasteiger partial charge in [0.25, 0.3) is 0 Å². The predicted octanol–water partition coefficient (Wildman–Crippen LogP) is 2.45. The van der Waals surface area contributed by atoms with Crippen molar-refractivity contribution in [3.8, 4) is 0 Å². The Balaban J connectivity index is 2.27. The van der Waals surface area contributed by atoms with Crippen molar-refractivity contribution in [3.63, 3.8) is 0 Å². The van der Waals surface area contributed by atoms with Gasteiger partial charge in [0.2, 0.25) is 0 Å². The van der Waals surface area contributed by atoms with Crippen molar-refractivity contribution in [1.29, 1.82) is 0 Å². The molecule has 0 bridgehead atoms. The zero-order valence-corrected chi connectivity index (χ0v) is 12.7. The Morgan fingerprint density at radius 2 is 2.00 bits per heavy atom. The topological polar surface area (TPSA) is 61.4 Å². The van der Waals surface area contributed by atoms with Crippen LogP contribution in [0.4, 0.5) is 4.79 Å². The lowest BCUT2D eigenvalue weighted by atomic mass is 10.2. The Kier molecular flexibility index (Phi) is 6.87. The number of rotatable bonds is 7. The monoisotopic (exact) mass is 284 g/mol. The molecular weight excluding hydrogens is 260 g/mol. The summed E-state index contributed by atoms with van der Waals surface area (Å²) in [6.07, 6.45) is 2.37. The molecular formula is C14H24N2O2S. The average Bonchev–Trinajstić information content (AvgIpc) is 2.71. The van der Waals surface area contributed by atoms with Gasteiger partial charge in [-0.25, -0.2) is 4.79 Å². The highest BCUT2D eigenvalue weighted by molar-refractivity contribution is 7.11. The van der Waals surface area contributed by atoms with Gasteiger partial charge in [-0.1, -0.05) is 0 Å². The van der Waals surface area contributed by atoms with E-state index in [1.165, 1.54) is 9.75 Å². The lowest BCUT2D eigenvalue weighted by Gasteiger charge is -2.17. The van der Waals surface area contributed by atoms with Gasteiger partial charge < -0.3 is 15.7 Å². The van der Waals surface area contributed by atoms with Gasteiger partial charge in [0.05, 0.1) is 0 Å². The van der Waals surface area contributed by atoms with Crippen LogP contribution >= 0.6 is 11.3 Å². The molecule has 2 unspecified atom stereocenters. The normalized spacial score (nSPS) is 13.9. The molecule has 2 amide bonds. The number of hydrogen-bond acceptors (Lipinski definition) is 3. The fourth-order valence-corrected chi connectivity index (χ4v) is 2.93. The predicted molar refractivity (Wildman–Crippen MR) is 79.7 cm³/mol. The van der Waals surface area contributed by atoms with E-state index >= 15 is 0 Å². The summed E-state index contributed by atoms with van der Waals surface area (Å²) in [5, 5.41) is 14.6. The maximum atomic E-state index is 11.7. The number of amides is 2. The SMILES string of the molecule is Cc1ccc(CC(C)NC(=O)NC(C)CCCO)s1. The minimum Gasteiger partial charge on any atom is -0.396 e. The Labute approximate surface area is 119 Å². The van der Waals surface area contributed by atoms with E-state index in [0.29, 0.717) is 6.42 Å². The zero-order chi connectivity index (χ0) is 14.3. The lowest BCUT2D eigenvalue weighted by molar-refractivity contribution is 0.231. The molecule has 1 rings (SSSR count). The fourth-order valence-electron chi connectivity index (χ4n) is 1.91. The van der Waals surface area contributed by atoms with Crippen molar-refractivity contribution in [2.45, 2.75) is 52.1 Å². The Morgan fingerprint density at radius 3 is 2.58 bits per heavy atom. The molecule has 108 valence electrons. The Hall–Kier alpha value is -1.07. The van der Waals surface area contributed by atoms with Gasteiger partial charge in [0.1, 0.15) is 0 Å². The van der Waals surface area contributed by atoms with Crippen molar-refractivity contribution in [2.24, 2.45) is 0 Å². The standard InChI is InChI=1S/C14H24N2O2S/c1-10(5-4-8-17)15-14(18)16-11(2)9-13-7-6-12(3)19-13/h6-7,10-11,17H,4-5,8-9H2,1-3H3,(H2,15,16,18). The molecule has 0 aliphatic heterocycles. The number of thiophene rings is 1. The first-order valence-corrected chi connectivity index (χ1v) is 7.56. The molecule has 1 heterocycles. The molecule has 0 aromatic carbocycles. The van der Waals surface area contributed by atoms with E-state index in [0.717, 1.165) is 12.8 Å². The molecule has 2 atom stereocenters. The highest BCUT2D eigenvalue weighted by Crippen LogP contribution is 2.16. The molecule has 0 spiro atoms. The third kappa shape index (κ3) is 6.59. The van der Waals surface area contributed by atoms with Gasteiger partial charge in [0.15, 0.2) is 0 Å². The van der Waals surface area contributed by atoms with Crippen LogP contribution in [0.25, 0.3) is 0 Å². The van der Waals surface area contributed by atoms with Gasteiger partial charge in [0, 0.05) is 34.9 Å². The molecule has 0 aliphatic rings. The van der Waals surface area contributed by atoms with Crippen molar-refractivity contribution in [3.05, 3.63) is 21.9 Å². The van der Waals surface area contributed by atoms with E-state index in [1.54, 1.807) is 11.3 Å². The zero-order valence-electron chi connectivity index (χ0n) is 11.9. The summed E-state index contributed by atoms with van der Waals surface area (Å²) in [6.45, 7) is 6.21. The maximum Gasteiger partial charge on any atom is 0.315 e. The van der Waals surface area contributed by atoms with Crippen LogP contribution in [-0.4, -0.2) is 29.8 Å². The summed E-state index contributed by atoms with van der Waals surface area (Å²) < 4.78 is 0. The second-order valence-corrected chi connectivity index (χ2v) is 6.37. The molecule has 0 aliphatic carbocycles. The molecule has 3 N–H and O–H groups in total. The summed E-state index contributed by atoms with van der Waals surface area (Å²) >= 11 is 1.77. The molecule has 1 aromatic heterocycles. The summed E-state index contributed by atoms with van der Waals surface area (Å²) in [7, 11) is 0. The lowest BCUT2D eigenvalue weighted by Crippen LogP contribution is -2.45. The van der Waals surface area contributed by atoms with Crippen molar-refractivity contribution in [2.75, 3.05) is 6.61 Å². The van der Waals surface area contributed by atoms with Gasteiger partial charge >= 0.3 is 6.03 Å². The summed E-state index contributed by atoms with van der Waals surface area (Å²) in [6, 6.07) is 4.28. The second kappa shape index (κ2) is 8.17. The Bertz CT molecular complexity index is 393. The van der Waals surface area contributed by atoms with Crippen molar-refractivity contribution in [1.82, 2.24) is 10.6 Å². The first-order valence-electron chi connectivity index (χ1n) is 6.74. The number of aryl methyl sites for hydroxylation is 1. The van der Waals surface area contributed by atoms with E-state index in [9.17, 15) is 4.79 Å². The largest absolute Gasteiger partial charge is 0.396 e. The number of carbonyl (C=O) groups excluding carboxylic acids is 1. The molecule has 0 saturated carbocycles. The molecule has 0 saturated heterocycles. The van der Waals surface area contributed by atoms with Crippen molar-refractivity contribution < 1.29 is 9.90 Å². The van der Waals surface area contributed by atoms with E-state index in [2.05, 4.69) is 29.7 Å². The number of urea groups is 1. The molecule has 5 heteroatoms. The fraction of sp³-hybridized carbons (Fsp3) is 0.643.